The van der Waals surface area contributed by atoms with Gasteiger partial charge < -0.3 is 5.11 Å². The fourth-order valence-electron chi connectivity index (χ4n) is 2.47. The van der Waals surface area contributed by atoms with Crippen LogP contribution in [0.4, 0.5) is 0 Å². The monoisotopic (exact) mass is 325 g/mol. The summed E-state index contributed by atoms with van der Waals surface area (Å²) in [5.74, 6) is -0.933. The Hall–Kier alpha value is -1.65. The van der Waals surface area contributed by atoms with Crippen LogP contribution in [0.15, 0.2) is 24.3 Å². The Balaban J connectivity index is 3.55. The summed E-state index contributed by atoms with van der Waals surface area (Å²) < 4.78 is 0. The second kappa shape index (κ2) is 15.3. The van der Waals surface area contributed by atoms with E-state index in [1.165, 1.54) is 6.08 Å². The van der Waals surface area contributed by atoms with Crippen LogP contribution >= 0.6 is 0 Å². The number of carbonyl (C=O) groups is 1. The Morgan fingerprint density at radius 3 is 2.26 bits per heavy atom. The van der Waals surface area contributed by atoms with Gasteiger partial charge in [0.25, 0.3) is 0 Å². The summed E-state index contributed by atoms with van der Waals surface area (Å²) in [6, 6.07) is -0.356. The predicted molar refractivity (Wildman–Crippen MR) is 93.2 cm³/mol. The lowest BCUT2D eigenvalue weighted by molar-refractivity contribution is -0.524. The minimum atomic E-state index is -0.933. The molecular formula is C18H31NO4. The number of allylic oxidation sites excluding steroid dienone is 3. The van der Waals surface area contributed by atoms with E-state index in [9.17, 15) is 14.9 Å². The zero-order valence-corrected chi connectivity index (χ0v) is 14.3. The summed E-state index contributed by atoms with van der Waals surface area (Å²) in [7, 11) is 0. The highest BCUT2D eigenvalue weighted by molar-refractivity contribution is 5.80. The molecule has 5 nitrogen and oxygen atoms in total. The largest absolute Gasteiger partial charge is 0.478 e. The molecule has 0 amide bonds. The number of nitro groups is 1. The third-order valence-electron chi connectivity index (χ3n) is 3.83. The number of aliphatic carboxylic acids is 1. The molecule has 0 saturated carbocycles. The molecule has 0 saturated heterocycles. The first-order chi connectivity index (χ1) is 11.1. The van der Waals surface area contributed by atoms with Gasteiger partial charge >= 0.3 is 5.97 Å². The van der Waals surface area contributed by atoms with Crippen molar-refractivity contribution in [1.29, 1.82) is 0 Å². The lowest BCUT2D eigenvalue weighted by Crippen LogP contribution is -2.19. The van der Waals surface area contributed by atoms with E-state index < -0.39 is 5.97 Å². The first kappa shape index (κ1) is 21.4. The highest BCUT2D eigenvalue weighted by atomic mass is 16.6. The topological polar surface area (TPSA) is 80.4 Å². The van der Waals surface area contributed by atoms with Crippen molar-refractivity contribution in [2.24, 2.45) is 0 Å². The van der Waals surface area contributed by atoms with Crippen molar-refractivity contribution in [3.63, 3.8) is 0 Å². The Bertz CT molecular complexity index is 377. The van der Waals surface area contributed by atoms with Crippen LogP contribution in [0.5, 0.6) is 0 Å². The first-order valence-electron chi connectivity index (χ1n) is 8.77. The molecule has 0 spiro atoms. The van der Waals surface area contributed by atoms with Gasteiger partial charge in [0.05, 0.1) is 0 Å². The molecule has 0 fully saturated rings. The predicted octanol–water partition coefficient (Wildman–Crippen LogP) is 5.14. The van der Waals surface area contributed by atoms with E-state index in [0.29, 0.717) is 6.42 Å². The highest BCUT2D eigenvalue weighted by Crippen LogP contribution is 2.15. The summed E-state index contributed by atoms with van der Waals surface area (Å²) in [5, 5.41) is 19.4. The van der Waals surface area contributed by atoms with E-state index in [0.717, 1.165) is 70.3 Å². The molecule has 1 unspecified atom stereocenters. The molecule has 0 aliphatic rings. The number of unbranched alkanes of at least 4 members (excludes halogenated alkanes) is 7. The van der Waals surface area contributed by atoms with Gasteiger partial charge in [0.1, 0.15) is 0 Å². The number of hydrogen-bond donors (Lipinski definition) is 1. The molecule has 0 heterocycles. The molecule has 0 aliphatic heterocycles. The van der Waals surface area contributed by atoms with E-state index in [1.54, 1.807) is 6.08 Å². The molecule has 0 aromatic carbocycles. The van der Waals surface area contributed by atoms with Crippen molar-refractivity contribution in [2.75, 3.05) is 0 Å². The number of carboxylic acids is 1. The molecule has 0 radical (unpaired) electrons. The summed E-state index contributed by atoms with van der Waals surface area (Å²) >= 11 is 0. The van der Waals surface area contributed by atoms with Crippen LogP contribution < -0.4 is 0 Å². The summed E-state index contributed by atoms with van der Waals surface area (Å²) in [5.41, 5.74) is 0. The van der Waals surface area contributed by atoms with Crippen molar-refractivity contribution in [2.45, 2.75) is 83.6 Å². The van der Waals surface area contributed by atoms with Gasteiger partial charge in [-0.3, -0.25) is 10.1 Å². The lowest BCUT2D eigenvalue weighted by atomic mass is 10.0. The van der Waals surface area contributed by atoms with Gasteiger partial charge in [-0.1, -0.05) is 57.3 Å². The fourth-order valence-corrected chi connectivity index (χ4v) is 2.47. The van der Waals surface area contributed by atoms with Crippen LogP contribution in [-0.4, -0.2) is 22.0 Å². The third-order valence-corrected chi connectivity index (χ3v) is 3.83. The average molecular weight is 325 g/mol. The maximum atomic E-state index is 11.0. The maximum Gasteiger partial charge on any atom is 0.328 e. The highest BCUT2D eigenvalue weighted by Gasteiger charge is 2.18. The number of hydrogen-bond acceptors (Lipinski definition) is 3. The number of rotatable bonds is 15. The van der Waals surface area contributed by atoms with Crippen molar-refractivity contribution in [3.05, 3.63) is 34.4 Å². The smallest absolute Gasteiger partial charge is 0.328 e. The Morgan fingerprint density at radius 2 is 1.65 bits per heavy atom. The molecule has 0 aliphatic carbocycles. The van der Waals surface area contributed by atoms with E-state index in [4.69, 9.17) is 5.11 Å². The van der Waals surface area contributed by atoms with Crippen LogP contribution in [0.3, 0.4) is 0 Å². The Labute approximate surface area is 139 Å². The van der Waals surface area contributed by atoms with Gasteiger partial charge in [0, 0.05) is 23.8 Å². The molecule has 0 rings (SSSR count). The summed E-state index contributed by atoms with van der Waals surface area (Å²) in [6.07, 6.45) is 17.2. The first-order valence-corrected chi connectivity index (χ1v) is 8.77. The van der Waals surface area contributed by atoms with Crippen molar-refractivity contribution in [3.8, 4) is 0 Å². The van der Waals surface area contributed by atoms with Crippen LogP contribution in [0, 0.1) is 10.1 Å². The molecular weight excluding hydrogens is 294 g/mol. The third kappa shape index (κ3) is 15.0. The Morgan fingerprint density at radius 1 is 1.04 bits per heavy atom. The molecule has 1 N–H and O–H groups in total. The van der Waals surface area contributed by atoms with Crippen LogP contribution in [0.25, 0.3) is 0 Å². The lowest BCUT2D eigenvalue weighted by Gasteiger charge is -2.09. The summed E-state index contributed by atoms with van der Waals surface area (Å²) in [4.78, 5) is 21.1. The zero-order valence-electron chi connectivity index (χ0n) is 14.3. The normalized spacial score (nSPS) is 12.9. The van der Waals surface area contributed by atoms with E-state index in [1.807, 2.05) is 6.08 Å². The van der Waals surface area contributed by atoms with E-state index in [-0.39, 0.29) is 11.0 Å². The van der Waals surface area contributed by atoms with Crippen LogP contribution in [-0.2, 0) is 4.79 Å². The van der Waals surface area contributed by atoms with Gasteiger partial charge in [0.2, 0.25) is 6.04 Å². The van der Waals surface area contributed by atoms with Gasteiger partial charge in [0.15, 0.2) is 0 Å². The van der Waals surface area contributed by atoms with Crippen molar-refractivity contribution < 1.29 is 14.8 Å². The van der Waals surface area contributed by atoms with E-state index >= 15 is 0 Å². The average Bonchev–Trinajstić information content (AvgIpc) is 2.50. The second-order valence-electron chi connectivity index (χ2n) is 5.91. The molecule has 1 atom stereocenters. The Kier molecular flexibility index (Phi) is 14.2. The van der Waals surface area contributed by atoms with Crippen LogP contribution in [0.1, 0.15) is 77.6 Å². The SMILES string of the molecule is CCCCCC(CCCCCCCC=C/C=C\C(=O)O)[N+](=O)[O-]. The molecule has 0 bridgehead atoms. The van der Waals surface area contributed by atoms with Crippen LogP contribution in [0.2, 0.25) is 0 Å². The van der Waals surface area contributed by atoms with Gasteiger partial charge in [-0.25, -0.2) is 4.79 Å². The number of nitrogens with zero attached hydrogens (tertiary/aromatic N) is 1. The summed E-state index contributed by atoms with van der Waals surface area (Å²) in [6.45, 7) is 2.11. The quantitative estimate of drug-likeness (QED) is 0.149. The van der Waals surface area contributed by atoms with Gasteiger partial charge in [-0.15, -0.1) is 0 Å². The molecule has 0 aromatic rings. The van der Waals surface area contributed by atoms with Crippen molar-refractivity contribution in [1.82, 2.24) is 0 Å². The van der Waals surface area contributed by atoms with Gasteiger partial charge in [-0.2, -0.15) is 0 Å². The molecule has 5 heteroatoms. The fraction of sp³-hybridized carbons (Fsp3) is 0.722. The molecule has 0 aromatic heterocycles. The standard InChI is InChI=1S/C18H31NO4/c1-2-3-11-14-17(19(22)23)15-12-9-7-5-4-6-8-10-13-16-18(20)21/h8,10,13,16-17H,2-7,9,11-12,14-15H2,1H3,(H,20,21)/b10-8?,16-13-. The zero-order chi connectivity index (χ0) is 17.3. The minimum Gasteiger partial charge on any atom is -0.478 e. The number of carboxylic acid groups (broad SMARTS) is 1. The molecule has 23 heavy (non-hydrogen) atoms. The minimum absolute atomic E-state index is 0.106. The van der Waals surface area contributed by atoms with Gasteiger partial charge in [-0.05, 0) is 25.7 Å². The van der Waals surface area contributed by atoms with E-state index in [2.05, 4.69) is 6.92 Å². The second-order valence-corrected chi connectivity index (χ2v) is 5.91. The maximum absolute atomic E-state index is 11.0. The molecule has 132 valence electrons. The van der Waals surface area contributed by atoms with Crippen molar-refractivity contribution >= 4 is 5.97 Å².